The largest absolute Gasteiger partial charge is 0.381 e. The van der Waals surface area contributed by atoms with Crippen molar-refractivity contribution in [2.45, 2.75) is 44.6 Å². The lowest BCUT2D eigenvalue weighted by molar-refractivity contribution is 0.0792. The van der Waals surface area contributed by atoms with Gasteiger partial charge in [-0.3, -0.25) is 4.79 Å². The summed E-state index contributed by atoms with van der Waals surface area (Å²) in [6.07, 6.45) is 4.40. The van der Waals surface area contributed by atoms with E-state index in [4.69, 9.17) is 4.74 Å². The molecule has 1 saturated carbocycles. The highest BCUT2D eigenvalue weighted by atomic mass is 16.5. The van der Waals surface area contributed by atoms with Crippen LogP contribution >= 0.6 is 0 Å². The normalized spacial score (nSPS) is 17.5. The molecule has 17 heavy (non-hydrogen) atoms. The molecule has 1 aromatic carbocycles. The molecule has 1 aliphatic carbocycles. The molecule has 0 amide bonds. The van der Waals surface area contributed by atoms with Crippen LogP contribution in [-0.2, 0) is 4.74 Å². The van der Waals surface area contributed by atoms with Crippen molar-refractivity contribution in [3.8, 4) is 0 Å². The van der Waals surface area contributed by atoms with Crippen molar-refractivity contribution in [2.75, 3.05) is 7.11 Å². The fraction of sp³-hybridized carbons (Fsp3) is 0.533. The quantitative estimate of drug-likeness (QED) is 0.725. The zero-order chi connectivity index (χ0) is 12.3. The van der Waals surface area contributed by atoms with Crippen LogP contribution in [0.1, 0.15) is 54.4 Å². The maximum Gasteiger partial charge on any atom is 0.165 e. The zero-order valence-corrected chi connectivity index (χ0v) is 10.6. The Labute approximate surface area is 103 Å². The predicted molar refractivity (Wildman–Crippen MR) is 68.5 cm³/mol. The minimum absolute atomic E-state index is 0.00573. The van der Waals surface area contributed by atoms with Gasteiger partial charge in [-0.05, 0) is 31.2 Å². The number of methoxy groups -OCH3 is 1. The lowest BCUT2D eigenvalue weighted by Gasteiger charge is -2.25. The van der Waals surface area contributed by atoms with E-state index in [1.165, 1.54) is 24.8 Å². The first-order valence-electron chi connectivity index (χ1n) is 6.36. The first kappa shape index (κ1) is 12.3. The van der Waals surface area contributed by atoms with E-state index in [-0.39, 0.29) is 11.9 Å². The van der Waals surface area contributed by atoms with E-state index < -0.39 is 0 Å². The molecule has 0 bridgehead atoms. The molecule has 1 aliphatic rings. The van der Waals surface area contributed by atoms with Crippen molar-refractivity contribution in [1.82, 2.24) is 0 Å². The van der Waals surface area contributed by atoms with Crippen molar-refractivity contribution >= 4 is 5.78 Å². The Kier molecular flexibility index (Phi) is 3.95. The van der Waals surface area contributed by atoms with Gasteiger partial charge in [-0.2, -0.15) is 0 Å². The molecule has 1 unspecified atom stereocenters. The Morgan fingerprint density at radius 2 is 2.00 bits per heavy atom. The molecule has 0 aliphatic heterocycles. The molecule has 0 saturated heterocycles. The molecule has 1 atom stereocenters. The van der Waals surface area contributed by atoms with E-state index in [2.05, 4.69) is 12.1 Å². The van der Waals surface area contributed by atoms with E-state index in [0.717, 1.165) is 11.5 Å². The molecule has 0 aromatic heterocycles. The number of hydrogen-bond acceptors (Lipinski definition) is 2. The van der Waals surface area contributed by atoms with Gasteiger partial charge in [-0.15, -0.1) is 0 Å². The van der Waals surface area contributed by atoms with Gasteiger partial charge in [-0.25, -0.2) is 0 Å². The third-order valence-electron chi connectivity index (χ3n) is 3.68. The zero-order valence-electron chi connectivity index (χ0n) is 10.6. The Bertz CT molecular complexity index is 376. The second kappa shape index (κ2) is 5.46. The van der Waals surface area contributed by atoms with E-state index >= 15 is 0 Å². The van der Waals surface area contributed by atoms with Crippen molar-refractivity contribution in [3.05, 3.63) is 35.4 Å². The summed E-state index contributed by atoms with van der Waals surface area (Å²) in [4.78, 5) is 11.9. The van der Waals surface area contributed by atoms with Crippen LogP contribution in [-0.4, -0.2) is 19.0 Å². The fourth-order valence-corrected chi connectivity index (χ4v) is 2.15. The van der Waals surface area contributed by atoms with E-state index in [1.54, 1.807) is 7.11 Å². The molecule has 0 N–H and O–H groups in total. The molecule has 0 spiro atoms. The molecule has 2 nitrogen and oxygen atoms in total. The minimum atomic E-state index is -0.00573. The number of carbonyl (C=O) groups is 1. The second-order valence-electron chi connectivity index (χ2n) is 4.92. The first-order chi connectivity index (χ1) is 8.20. The van der Waals surface area contributed by atoms with Crippen molar-refractivity contribution in [1.29, 1.82) is 0 Å². The topological polar surface area (TPSA) is 26.3 Å². The van der Waals surface area contributed by atoms with Crippen LogP contribution in [0.25, 0.3) is 0 Å². The van der Waals surface area contributed by atoms with Gasteiger partial charge >= 0.3 is 0 Å². The SMILES string of the molecule is COC(C)CC(=O)c1ccc(C2CCC2)cc1. The van der Waals surface area contributed by atoms with E-state index in [1.807, 2.05) is 19.1 Å². The number of benzene rings is 1. The molecular formula is C15H20O2. The highest BCUT2D eigenvalue weighted by Gasteiger charge is 2.19. The molecule has 2 heteroatoms. The van der Waals surface area contributed by atoms with Gasteiger partial charge in [0.25, 0.3) is 0 Å². The average molecular weight is 232 g/mol. The predicted octanol–water partition coefficient (Wildman–Crippen LogP) is 3.56. The van der Waals surface area contributed by atoms with Crippen molar-refractivity contribution in [2.24, 2.45) is 0 Å². The third-order valence-corrected chi connectivity index (χ3v) is 3.68. The number of rotatable bonds is 5. The molecule has 0 radical (unpaired) electrons. The summed E-state index contributed by atoms with van der Waals surface area (Å²) in [5.74, 6) is 0.900. The van der Waals surface area contributed by atoms with Gasteiger partial charge in [0.2, 0.25) is 0 Å². The summed E-state index contributed by atoms with van der Waals surface area (Å²) in [5, 5.41) is 0. The van der Waals surface area contributed by atoms with Crippen LogP contribution in [0.15, 0.2) is 24.3 Å². The Hall–Kier alpha value is -1.15. The monoisotopic (exact) mass is 232 g/mol. The van der Waals surface area contributed by atoms with E-state index in [0.29, 0.717) is 6.42 Å². The maximum absolute atomic E-state index is 11.9. The molecular weight excluding hydrogens is 212 g/mol. The first-order valence-corrected chi connectivity index (χ1v) is 6.36. The smallest absolute Gasteiger partial charge is 0.165 e. The van der Waals surface area contributed by atoms with Crippen LogP contribution in [0, 0.1) is 0 Å². The number of carbonyl (C=O) groups excluding carboxylic acids is 1. The average Bonchev–Trinajstić information content (AvgIpc) is 2.27. The summed E-state index contributed by atoms with van der Waals surface area (Å²) >= 11 is 0. The molecule has 1 fully saturated rings. The maximum atomic E-state index is 11.9. The highest BCUT2D eigenvalue weighted by molar-refractivity contribution is 5.96. The molecule has 92 valence electrons. The summed E-state index contributed by atoms with van der Waals surface area (Å²) in [5.41, 5.74) is 2.18. The van der Waals surface area contributed by atoms with Crippen molar-refractivity contribution in [3.63, 3.8) is 0 Å². The fourth-order valence-electron chi connectivity index (χ4n) is 2.15. The number of Topliss-reactive ketones (excluding diaryl/α,β-unsaturated/α-hetero) is 1. The summed E-state index contributed by atoms with van der Waals surface area (Å²) in [6.45, 7) is 1.92. The summed E-state index contributed by atoms with van der Waals surface area (Å²) in [6, 6.07) is 8.12. The van der Waals surface area contributed by atoms with Crippen LogP contribution in [0.2, 0.25) is 0 Å². The number of hydrogen-bond donors (Lipinski definition) is 0. The highest BCUT2D eigenvalue weighted by Crippen LogP contribution is 2.36. The molecule has 2 rings (SSSR count). The molecule has 0 heterocycles. The Morgan fingerprint density at radius 3 is 2.47 bits per heavy atom. The Morgan fingerprint density at radius 1 is 1.35 bits per heavy atom. The second-order valence-corrected chi connectivity index (χ2v) is 4.92. The van der Waals surface area contributed by atoms with E-state index in [9.17, 15) is 4.79 Å². The van der Waals surface area contributed by atoms with Gasteiger partial charge in [0.15, 0.2) is 5.78 Å². The van der Waals surface area contributed by atoms with Gasteiger partial charge in [0, 0.05) is 19.1 Å². The molecule has 1 aromatic rings. The lowest BCUT2D eigenvalue weighted by Crippen LogP contribution is -2.13. The van der Waals surface area contributed by atoms with Crippen LogP contribution in [0.5, 0.6) is 0 Å². The Balaban J connectivity index is 1.99. The van der Waals surface area contributed by atoms with Crippen molar-refractivity contribution < 1.29 is 9.53 Å². The lowest BCUT2D eigenvalue weighted by atomic mass is 9.80. The number of ether oxygens (including phenoxy) is 1. The number of ketones is 1. The van der Waals surface area contributed by atoms with Gasteiger partial charge in [0.1, 0.15) is 0 Å². The van der Waals surface area contributed by atoms with Gasteiger partial charge in [0.05, 0.1) is 6.10 Å². The van der Waals surface area contributed by atoms with Gasteiger partial charge in [-0.1, -0.05) is 30.7 Å². The minimum Gasteiger partial charge on any atom is -0.381 e. The van der Waals surface area contributed by atoms with Gasteiger partial charge < -0.3 is 4.74 Å². The van der Waals surface area contributed by atoms with Crippen LogP contribution in [0.4, 0.5) is 0 Å². The summed E-state index contributed by atoms with van der Waals surface area (Å²) < 4.78 is 5.11. The third kappa shape index (κ3) is 2.95. The summed E-state index contributed by atoms with van der Waals surface area (Å²) in [7, 11) is 1.64. The standard InChI is InChI=1S/C15H20O2/c1-11(17-2)10-15(16)14-8-6-13(7-9-14)12-4-3-5-12/h6-9,11-12H,3-5,10H2,1-2H3. The van der Waals surface area contributed by atoms with Crippen LogP contribution < -0.4 is 0 Å². The van der Waals surface area contributed by atoms with Crippen LogP contribution in [0.3, 0.4) is 0 Å².